The van der Waals surface area contributed by atoms with Crippen molar-refractivity contribution in [2.45, 2.75) is 78.2 Å². The molecule has 0 unspecified atom stereocenters. The summed E-state index contributed by atoms with van der Waals surface area (Å²) in [6.07, 6.45) is -0.0411. The first kappa shape index (κ1) is 36.1. The molecule has 0 aliphatic rings. The summed E-state index contributed by atoms with van der Waals surface area (Å²) in [7, 11) is 0. The highest BCUT2D eigenvalue weighted by Gasteiger charge is 2.28. The Labute approximate surface area is 246 Å². The highest BCUT2D eigenvalue weighted by Crippen LogP contribution is 2.12. The zero-order chi connectivity index (χ0) is 31.7. The molecule has 6 amide bonds. The number of nitrogens with one attached hydrogen (secondary N) is 5. The fraction of sp³-hybridized carbons (Fsp3) is 0.607. The van der Waals surface area contributed by atoms with Gasteiger partial charge in [-0.2, -0.15) is 0 Å². The van der Waals surface area contributed by atoms with Gasteiger partial charge in [-0.3, -0.25) is 14.4 Å². The summed E-state index contributed by atoms with van der Waals surface area (Å²) in [5.74, 6) is -1.74. The van der Waals surface area contributed by atoms with E-state index in [0.717, 1.165) is 0 Å². The summed E-state index contributed by atoms with van der Waals surface area (Å²) in [5, 5.41) is 22.4. The number of rotatable bonds is 17. The number of anilines is 1. The fourth-order valence-corrected chi connectivity index (χ4v) is 3.56. The second-order valence-corrected chi connectivity index (χ2v) is 10.9. The Balaban J connectivity index is 2.67. The predicted molar refractivity (Wildman–Crippen MR) is 156 cm³/mol. The van der Waals surface area contributed by atoms with Crippen LogP contribution in [0.5, 0.6) is 0 Å². The van der Waals surface area contributed by atoms with Crippen molar-refractivity contribution in [2.75, 3.05) is 31.6 Å². The number of carbonyl (C=O) groups is 5. The van der Waals surface area contributed by atoms with Crippen LogP contribution in [-0.4, -0.2) is 78.9 Å². The van der Waals surface area contributed by atoms with Crippen LogP contribution in [0.2, 0.25) is 0 Å². The van der Waals surface area contributed by atoms with Crippen LogP contribution in [0.25, 0.3) is 0 Å². The molecule has 2 atom stereocenters. The first-order valence-corrected chi connectivity index (χ1v) is 13.9. The second kappa shape index (κ2) is 18.5. The summed E-state index contributed by atoms with van der Waals surface area (Å²) in [4.78, 5) is 61.4. The topological polar surface area (TPSA) is 210 Å². The maximum absolute atomic E-state index is 13.2. The van der Waals surface area contributed by atoms with Crippen molar-refractivity contribution in [1.82, 2.24) is 21.3 Å². The summed E-state index contributed by atoms with van der Waals surface area (Å²) in [6.45, 7) is 9.30. The molecule has 1 aromatic rings. The predicted octanol–water partition coefficient (Wildman–Crippen LogP) is 1.12. The largest absolute Gasteiger partial charge is 0.444 e. The monoisotopic (exact) mass is 594 g/mol. The van der Waals surface area contributed by atoms with Crippen molar-refractivity contribution >= 4 is 35.5 Å². The molecular formula is C28H46N6O8. The Bertz CT molecular complexity index is 1030. The number of primary amides is 1. The Morgan fingerprint density at radius 3 is 2.17 bits per heavy atom. The van der Waals surface area contributed by atoms with Crippen LogP contribution in [0.4, 0.5) is 15.3 Å². The van der Waals surface area contributed by atoms with Crippen LogP contribution in [0, 0.1) is 5.92 Å². The van der Waals surface area contributed by atoms with Crippen molar-refractivity contribution in [3.63, 3.8) is 0 Å². The van der Waals surface area contributed by atoms with Gasteiger partial charge < -0.3 is 46.9 Å². The van der Waals surface area contributed by atoms with Gasteiger partial charge in [0.05, 0.1) is 19.8 Å². The van der Waals surface area contributed by atoms with E-state index in [1.807, 2.05) is 0 Å². The van der Waals surface area contributed by atoms with Gasteiger partial charge in [-0.15, -0.1) is 0 Å². The van der Waals surface area contributed by atoms with Crippen LogP contribution in [0.1, 0.15) is 59.4 Å². The first-order chi connectivity index (χ1) is 19.7. The van der Waals surface area contributed by atoms with Gasteiger partial charge in [-0.1, -0.05) is 26.0 Å². The summed E-state index contributed by atoms with van der Waals surface area (Å²) in [6, 6.07) is 3.98. The van der Waals surface area contributed by atoms with E-state index in [0.29, 0.717) is 17.7 Å². The van der Waals surface area contributed by atoms with Gasteiger partial charge in [0.25, 0.3) is 0 Å². The smallest absolute Gasteiger partial charge is 0.407 e. The van der Waals surface area contributed by atoms with Crippen LogP contribution in [0.15, 0.2) is 24.3 Å². The molecule has 14 heteroatoms. The molecule has 8 N–H and O–H groups in total. The third-order valence-electron chi connectivity index (χ3n) is 5.66. The molecule has 0 bridgehead atoms. The Kier molecular flexibility index (Phi) is 15.9. The zero-order valence-electron chi connectivity index (χ0n) is 25.1. The van der Waals surface area contributed by atoms with E-state index in [1.54, 1.807) is 58.9 Å². The zero-order valence-corrected chi connectivity index (χ0v) is 25.1. The van der Waals surface area contributed by atoms with E-state index < -0.39 is 47.5 Å². The Hall–Kier alpha value is -3.91. The summed E-state index contributed by atoms with van der Waals surface area (Å²) in [5.41, 5.74) is 5.64. The number of hydrogen-bond acceptors (Lipinski definition) is 8. The van der Waals surface area contributed by atoms with E-state index in [-0.39, 0.29) is 51.7 Å². The van der Waals surface area contributed by atoms with E-state index in [2.05, 4.69) is 26.6 Å². The lowest BCUT2D eigenvalue weighted by atomic mass is 10.0. The number of urea groups is 1. The quantitative estimate of drug-likeness (QED) is 0.130. The molecule has 0 heterocycles. The minimum atomic E-state index is -0.969. The molecule has 0 radical (unpaired) electrons. The van der Waals surface area contributed by atoms with E-state index >= 15 is 0 Å². The van der Waals surface area contributed by atoms with Crippen molar-refractivity contribution in [3.05, 3.63) is 29.8 Å². The average Bonchev–Trinajstić information content (AvgIpc) is 2.89. The third-order valence-corrected chi connectivity index (χ3v) is 5.66. The fourth-order valence-electron chi connectivity index (χ4n) is 3.56. The number of aliphatic hydroxyl groups is 1. The minimum absolute atomic E-state index is 0.0184. The van der Waals surface area contributed by atoms with Crippen LogP contribution in [0.3, 0.4) is 0 Å². The number of ether oxygens (including phenoxy) is 2. The first-order valence-electron chi connectivity index (χ1n) is 13.9. The van der Waals surface area contributed by atoms with E-state index in [9.17, 15) is 29.1 Å². The standard InChI is InChI=1S/C28H46N6O8/c1-18(2)23(34-22(36)12-15-41-16-14-31-27(40)42-28(3,4)5)25(38)33-21(7-6-13-30-26(29)39)24(37)32-20-10-8-19(17-35)9-11-20/h8-11,18,21,23,35H,6-7,12-17H2,1-5H3,(H,31,40)(H,32,37)(H,33,38)(H,34,36)(H3,29,30,39)/t21-,23-/m0/s1. The average molecular weight is 595 g/mol. The van der Waals surface area contributed by atoms with Crippen molar-refractivity contribution in [3.8, 4) is 0 Å². The van der Waals surface area contributed by atoms with E-state index in [1.165, 1.54) is 0 Å². The summed E-state index contributed by atoms with van der Waals surface area (Å²) >= 11 is 0. The number of aliphatic hydroxyl groups excluding tert-OH is 1. The molecule has 236 valence electrons. The number of carbonyl (C=O) groups excluding carboxylic acids is 5. The van der Waals surface area contributed by atoms with Gasteiger partial charge in [0.2, 0.25) is 17.7 Å². The maximum atomic E-state index is 13.2. The molecule has 14 nitrogen and oxygen atoms in total. The third kappa shape index (κ3) is 15.8. The molecule has 0 spiro atoms. The molecular weight excluding hydrogens is 548 g/mol. The number of nitrogens with two attached hydrogens (primary N) is 1. The lowest BCUT2D eigenvalue weighted by molar-refractivity contribution is -0.132. The molecule has 1 aromatic carbocycles. The molecule has 42 heavy (non-hydrogen) atoms. The van der Waals surface area contributed by atoms with Gasteiger partial charge in [0, 0.05) is 25.2 Å². The van der Waals surface area contributed by atoms with Crippen LogP contribution in [-0.2, 0) is 30.5 Å². The van der Waals surface area contributed by atoms with Gasteiger partial charge in [0.15, 0.2) is 0 Å². The van der Waals surface area contributed by atoms with Crippen LogP contribution >= 0.6 is 0 Å². The van der Waals surface area contributed by atoms with Crippen molar-refractivity contribution in [1.29, 1.82) is 0 Å². The Morgan fingerprint density at radius 1 is 0.929 bits per heavy atom. The number of hydrogen-bond donors (Lipinski definition) is 7. The molecule has 1 rings (SSSR count). The van der Waals surface area contributed by atoms with Gasteiger partial charge in [0.1, 0.15) is 17.7 Å². The normalized spacial score (nSPS) is 12.5. The van der Waals surface area contributed by atoms with E-state index in [4.69, 9.17) is 15.2 Å². The van der Waals surface area contributed by atoms with Crippen molar-refractivity contribution < 1.29 is 38.6 Å². The highest BCUT2D eigenvalue weighted by atomic mass is 16.6. The minimum Gasteiger partial charge on any atom is -0.444 e. The van der Waals surface area contributed by atoms with Gasteiger partial charge in [-0.05, 0) is 57.2 Å². The number of alkyl carbamates (subject to hydrolysis) is 1. The van der Waals surface area contributed by atoms with Gasteiger partial charge >= 0.3 is 12.1 Å². The lowest BCUT2D eigenvalue weighted by Gasteiger charge is -2.25. The SMILES string of the molecule is CC(C)[C@H](NC(=O)CCOCCNC(=O)OC(C)(C)C)C(=O)N[C@@H](CCCNC(N)=O)C(=O)Nc1ccc(CO)cc1. The highest BCUT2D eigenvalue weighted by molar-refractivity contribution is 5.98. The molecule has 0 aromatic heterocycles. The van der Waals surface area contributed by atoms with Crippen molar-refractivity contribution in [2.24, 2.45) is 11.7 Å². The molecule has 0 aliphatic carbocycles. The maximum Gasteiger partial charge on any atom is 0.407 e. The Morgan fingerprint density at radius 2 is 1.60 bits per heavy atom. The van der Waals surface area contributed by atoms with Gasteiger partial charge in [-0.25, -0.2) is 9.59 Å². The second-order valence-electron chi connectivity index (χ2n) is 10.9. The lowest BCUT2D eigenvalue weighted by Crippen LogP contribution is -2.54. The van der Waals surface area contributed by atoms with Crippen LogP contribution < -0.4 is 32.3 Å². The summed E-state index contributed by atoms with van der Waals surface area (Å²) < 4.78 is 10.5. The molecule has 0 saturated carbocycles. The number of amides is 6. The molecule has 0 saturated heterocycles. The molecule has 0 aliphatic heterocycles. The number of benzene rings is 1. The molecule has 0 fully saturated rings.